The molecule has 4 aromatic rings. The predicted molar refractivity (Wildman–Crippen MR) is 142 cm³/mol. The standard InChI is InChI=1S/C30H23F3N2O5/c31-30(32,33)21-7-4-8-22(16-21)34-27(36)18-39-29(38)20-15-28(37)35(17-20)23-11-13-24(14-12-23)40-26-10-3-6-19-5-1-2-9-25(19)26/h1-14,16,20H,15,17-18H2,(H,34,36)/t20-/m0/s1. The van der Waals surface area contributed by atoms with Crippen LogP contribution in [-0.2, 0) is 25.3 Å². The van der Waals surface area contributed by atoms with Crippen molar-refractivity contribution in [3.63, 3.8) is 0 Å². The number of nitrogens with one attached hydrogen (secondary N) is 1. The number of carbonyl (C=O) groups excluding carboxylic acids is 3. The molecule has 204 valence electrons. The molecule has 1 N–H and O–H groups in total. The van der Waals surface area contributed by atoms with Gasteiger partial charge in [0.25, 0.3) is 5.91 Å². The van der Waals surface area contributed by atoms with Gasteiger partial charge in [-0.2, -0.15) is 13.2 Å². The number of carbonyl (C=O) groups is 3. The van der Waals surface area contributed by atoms with E-state index in [-0.39, 0.29) is 24.6 Å². The normalized spacial score (nSPS) is 15.2. The van der Waals surface area contributed by atoms with E-state index in [9.17, 15) is 27.6 Å². The Balaban J connectivity index is 1.15. The first-order valence-electron chi connectivity index (χ1n) is 12.4. The van der Waals surface area contributed by atoms with Crippen molar-refractivity contribution in [2.75, 3.05) is 23.4 Å². The second-order valence-corrected chi connectivity index (χ2v) is 9.21. The Bertz CT molecular complexity index is 1560. The number of anilines is 2. The summed E-state index contributed by atoms with van der Waals surface area (Å²) in [6.45, 7) is -0.629. The molecule has 0 aliphatic carbocycles. The molecule has 40 heavy (non-hydrogen) atoms. The smallest absolute Gasteiger partial charge is 0.416 e. The van der Waals surface area contributed by atoms with Gasteiger partial charge in [0.05, 0.1) is 11.5 Å². The third kappa shape index (κ3) is 6.06. The van der Waals surface area contributed by atoms with Crippen LogP contribution in [0.3, 0.4) is 0 Å². The molecule has 10 heteroatoms. The minimum absolute atomic E-state index is 0.0659. The van der Waals surface area contributed by atoms with Crippen molar-refractivity contribution in [1.29, 1.82) is 0 Å². The van der Waals surface area contributed by atoms with Gasteiger partial charge in [0.1, 0.15) is 11.5 Å². The molecule has 0 aromatic heterocycles. The lowest BCUT2D eigenvalue weighted by molar-refractivity contribution is -0.151. The van der Waals surface area contributed by atoms with Crippen molar-refractivity contribution >= 4 is 39.9 Å². The SMILES string of the molecule is O=C(COC(=O)[C@H]1CC(=O)N(c2ccc(Oc3cccc4ccccc34)cc2)C1)Nc1cccc(C(F)(F)F)c1. The third-order valence-electron chi connectivity index (χ3n) is 6.40. The van der Waals surface area contributed by atoms with Crippen molar-refractivity contribution in [1.82, 2.24) is 0 Å². The molecule has 1 fully saturated rings. The molecule has 0 spiro atoms. The number of hydrogen-bond donors (Lipinski definition) is 1. The van der Waals surface area contributed by atoms with Crippen LogP contribution in [0.15, 0.2) is 91.0 Å². The van der Waals surface area contributed by atoms with E-state index in [0.717, 1.165) is 29.0 Å². The third-order valence-corrected chi connectivity index (χ3v) is 6.40. The molecule has 1 aliphatic heterocycles. The van der Waals surface area contributed by atoms with Crippen LogP contribution in [0, 0.1) is 5.92 Å². The second kappa shape index (κ2) is 11.1. The fraction of sp³-hybridized carbons (Fsp3) is 0.167. The highest BCUT2D eigenvalue weighted by atomic mass is 19.4. The largest absolute Gasteiger partial charge is 0.457 e. The fourth-order valence-corrected chi connectivity index (χ4v) is 4.45. The van der Waals surface area contributed by atoms with Gasteiger partial charge in [-0.25, -0.2) is 0 Å². The van der Waals surface area contributed by atoms with Crippen LogP contribution < -0.4 is 15.0 Å². The molecule has 1 heterocycles. The number of alkyl halides is 3. The van der Waals surface area contributed by atoms with Gasteiger partial charge in [-0.1, -0.05) is 42.5 Å². The van der Waals surface area contributed by atoms with Crippen LogP contribution in [0.5, 0.6) is 11.5 Å². The summed E-state index contributed by atoms with van der Waals surface area (Å²) in [6, 6.07) is 24.6. The highest BCUT2D eigenvalue weighted by Gasteiger charge is 2.36. The number of amides is 2. The molecule has 7 nitrogen and oxygen atoms in total. The van der Waals surface area contributed by atoms with E-state index < -0.39 is 36.1 Å². The summed E-state index contributed by atoms with van der Waals surface area (Å²) in [7, 11) is 0. The number of hydrogen-bond acceptors (Lipinski definition) is 5. The average Bonchev–Trinajstić information content (AvgIpc) is 3.33. The van der Waals surface area contributed by atoms with Crippen molar-refractivity contribution in [3.8, 4) is 11.5 Å². The molecular formula is C30H23F3N2O5. The lowest BCUT2D eigenvalue weighted by Crippen LogP contribution is -2.28. The molecular weight excluding hydrogens is 525 g/mol. The highest BCUT2D eigenvalue weighted by Crippen LogP contribution is 2.33. The molecule has 0 radical (unpaired) electrons. The zero-order valence-corrected chi connectivity index (χ0v) is 21.0. The van der Waals surface area contributed by atoms with Gasteiger partial charge < -0.3 is 19.7 Å². The van der Waals surface area contributed by atoms with E-state index in [4.69, 9.17) is 9.47 Å². The van der Waals surface area contributed by atoms with Gasteiger partial charge in [0.15, 0.2) is 6.61 Å². The summed E-state index contributed by atoms with van der Waals surface area (Å²) < 4.78 is 49.7. The molecule has 1 saturated heterocycles. The van der Waals surface area contributed by atoms with E-state index in [0.29, 0.717) is 17.2 Å². The van der Waals surface area contributed by atoms with Gasteiger partial charge in [-0.05, 0) is 53.9 Å². The van der Waals surface area contributed by atoms with Crippen molar-refractivity contribution in [2.24, 2.45) is 5.92 Å². The molecule has 0 saturated carbocycles. The van der Waals surface area contributed by atoms with Crippen molar-refractivity contribution in [3.05, 3.63) is 96.6 Å². The van der Waals surface area contributed by atoms with Gasteiger partial charge in [0.2, 0.25) is 5.91 Å². The Kier molecular flexibility index (Phi) is 7.41. The first kappa shape index (κ1) is 26.7. The van der Waals surface area contributed by atoms with Crippen LogP contribution >= 0.6 is 0 Å². The van der Waals surface area contributed by atoms with Gasteiger partial charge in [-0.15, -0.1) is 0 Å². The molecule has 1 aliphatic rings. The van der Waals surface area contributed by atoms with E-state index >= 15 is 0 Å². The van der Waals surface area contributed by atoms with Crippen LogP contribution in [0.1, 0.15) is 12.0 Å². The lowest BCUT2D eigenvalue weighted by atomic mass is 10.1. The minimum Gasteiger partial charge on any atom is -0.457 e. The Labute approximate surface area is 227 Å². The maximum atomic E-state index is 12.9. The maximum absolute atomic E-state index is 12.9. The number of fused-ring (bicyclic) bond motifs is 1. The van der Waals surface area contributed by atoms with E-state index in [1.54, 1.807) is 24.3 Å². The van der Waals surface area contributed by atoms with Crippen molar-refractivity contribution in [2.45, 2.75) is 12.6 Å². The van der Waals surface area contributed by atoms with Crippen LogP contribution in [-0.4, -0.2) is 30.9 Å². The highest BCUT2D eigenvalue weighted by molar-refractivity contribution is 6.00. The lowest BCUT2D eigenvalue weighted by Gasteiger charge is -2.17. The summed E-state index contributed by atoms with van der Waals surface area (Å²) >= 11 is 0. The summed E-state index contributed by atoms with van der Waals surface area (Å²) in [5, 5.41) is 4.28. The van der Waals surface area contributed by atoms with Crippen LogP contribution in [0.2, 0.25) is 0 Å². The Morgan fingerprint density at radius 2 is 1.65 bits per heavy atom. The average molecular weight is 549 g/mol. The Hall–Kier alpha value is -4.86. The predicted octanol–water partition coefficient (Wildman–Crippen LogP) is 6.19. The number of nitrogens with zero attached hydrogens (tertiary/aromatic N) is 1. The zero-order chi connectivity index (χ0) is 28.3. The molecule has 0 bridgehead atoms. The molecule has 0 unspecified atom stereocenters. The molecule has 4 aromatic carbocycles. The topological polar surface area (TPSA) is 84.9 Å². The molecule has 5 rings (SSSR count). The van der Waals surface area contributed by atoms with Gasteiger partial charge >= 0.3 is 12.1 Å². The van der Waals surface area contributed by atoms with Crippen LogP contribution in [0.4, 0.5) is 24.5 Å². The van der Waals surface area contributed by atoms with E-state index in [1.807, 2.05) is 42.5 Å². The van der Waals surface area contributed by atoms with E-state index in [2.05, 4.69) is 5.32 Å². The quantitative estimate of drug-likeness (QED) is 0.279. The minimum atomic E-state index is -4.56. The second-order valence-electron chi connectivity index (χ2n) is 9.21. The van der Waals surface area contributed by atoms with Crippen LogP contribution in [0.25, 0.3) is 10.8 Å². The Morgan fingerprint density at radius 3 is 2.42 bits per heavy atom. The molecule has 1 atom stereocenters. The van der Waals surface area contributed by atoms with E-state index in [1.165, 1.54) is 11.0 Å². The summed E-state index contributed by atoms with van der Waals surface area (Å²) in [6.07, 6.45) is -4.65. The number of esters is 1. The number of rotatable bonds is 7. The zero-order valence-electron chi connectivity index (χ0n) is 21.0. The number of benzene rings is 4. The number of halogens is 3. The number of ether oxygens (including phenoxy) is 2. The fourth-order valence-electron chi connectivity index (χ4n) is 4.45. The summed E-state index contributed by atoms with van der Waals surface area (Å²) in [5.41, 5.74) is -0.418. The first-order chi connectivity index (χ1) is 19.2. The summed E-state index contributed by atoms with van der Waals surface area (Å²) in [4.78, 5) is 38.7. The van der Waals surface area contributed by atoms with Crippen molar-refractivity contribution < 1.29 is 37.0 Å². The van der Waals surface area contributed by atoms with Gasteiger partial charge in [-0.3, -0.25) is 14.4 Å². The summed E-state index contributed by atoms with van der Waals surface area (Å²) in [5.74, 6) is -1.34. The first-order valence-corrected chi connectivity index (χ1v) is 12.4. The molecule has 2 amide bonds. The maximum Gasteiger partial charge on any atom is 0.416 e. The Morgan fingerprint density at radius 1 is 0.925 bits per heavy atom. The van der Waals surface area contributed by atoms with Gasteiger partial charge in [0, 0.05) is 29.7 Å². The monoisotopic (exact) mass is 548 g/mol.